The minimum atomic E-state index is -0.667. The van der Waals surface area contributed by atoms with Gasteiger partial charge in [-0.2, -0.15) is 0 Å². The van der Waals surface area contributed by atoms with Crippen molar-refractivity contribution in [3.8, 4) is 11.5 Å². The number of rotatable bonds is 4. The number of halogens is 3. The molecule has 0 aliphatic rings. The summed E-state index contributed by atoms with van der Waals surface area (Å²) < 4.78 is 24.9. The van der Waals surface area contributed by atoms with Crippen molar-refractivity contribution in [1.82, 2.24) is 0 Å². The smallest absolute Gasteiger partial charge is 0.179 e. The predicted octanol–water partition coefficient (Wildman–Crippen LogP) is 4.31. The van der Waals surface area contributed by atoms with Gasteiger partial charge in [0.2, 0.25) is 0 Å². The number of hydrogen-bond donors (Lipinski definition) is 1. The molecule has 0 heterocycles. The Labute approximate surface area is 135 Å². The number of hydrogen-bond acceptors (Lipinski definition) is 3. The van der Waals surface area contributed by atoms with E-state index in [0.29, 0.717) is 32.1 Å². The van der Waals surface area contributed by atoms with E-state index in [4.69, 9.17) is 26.8 Å². The highest BCUT2D eigenvalue weighted by molar-refractivity contribution is 9.10. The van der Waals surface area contributed by atoms with Crippen LogP contribution < -0.4 is 15.2 Å². The average Bonchev–Trinajstić information content (AvgIpc) is 2.48. The molecule has 0 saturated carbocycles. The Balaban J connectivity index is 2.51. The maximum atomic E-state index is 14.2. The van der Waals surface area contributed by atoms with E-state index in [0.717, 1.165) is 0 Å². The minimum Gasteiger partial charge on any atom is -0.493 e. The normalized spacial score (nSPS) is 12.1. The topological polar surface area (TPSA) is 44.5 Å². The summed E-state index contributed by atoms with van der Waals surface area (Å²) in [5, 5.41) is 0.359. The lowest BCUT2D eigenvalue weighted by Crippen LogP contribution is -2.14. The molecule has 2 aromatic rings. The first-order chi connectivity index (χ1) is 9.99. The van der Waals surface area contributed by atoms with E-state index >= 15 is 0 Å². The second-order valence-electron chi connectivity index (χ2n) is 4.36. The molecule has 0 saturated heterocycles. The standard InChI is InChI=1S/C15H14BrClFNO2/c1-20-12-7-8(6-11(17)15(12)21-2)14(19)9-4-3-5-10(16)13(9)18/h3-7,14H,19H2,1-2H3. The molecule has 2 rings (SSSR count). The molecular formula is C15H14BrClFNO2. The van der Waals surface area contributed by atoms with Crippen LogP contribution in [0.1, 0.15) is 17.2 Å². The van der Waals surface area contributed by atoms with Gasteiger partial charge in [0.15, 0.2) is 11.5 Å². The Kier molecular flexibility index (Phi) is 5.08. The van der Waals surface area contributed by atoms with Crippen molar-refractivity contribution in [2.75, 3.05) is 14.2 Å². The van der Waals surface area contributed by atoms with Gasteiger partial charge in [0.1, 0.15) is 5.82 Å². The second kappa shape index (κ2) is 6.64. The van der Waals surface area contributed by atoms with E-state index in [1.165, 1.54) is 14.2 Å². The Morgan fingerprint density at radius 2 is 1.95 bits per heavy atom. The third-order valence-electron chi connectivity index (χ3n) is 3.13. The molecular weight excluding hydrogens is 361 g/mol. The maximum Gasteiger partial charge on any atom is 0.179 e. The summed E-state index contributed by atoms with van der Waals surface area (Å²) >= 11 is 9.30. The van der Waals surface area contributed by atoms with E-state index in [1.54, 1.807) is 30.3 Å². The van der Waals surface area contributed by atoms with Crippen LogP contribution in [0.3, 0.4) is 0 Å². The van der Waals surface area contributed by atoms with Gasteiger partial charge >= 0.3 is 0 Å². The Morgan fingerprint density at radius 3 is 2.57 bits per heavy atom. The molecule has 0 aromatic heterocycles. The Morgan fingerprint density at radius 1 is 1.24 bits per heavy atom. The summed E-state index contributed by atoms with van der Waals surface area (Å²) in [5.74, 6) is 0.478. The van der Waals surface area contributed by atoms with Gasteiger partial charge in [-0.1, -0.05) is 23.7 Å². The van der Waals surface area contributed by atoms with Crippen LogP contribution in [0.25, 0.3) is 0 Å². The second-order valence-corrected chi connectivity index (χ2v) is 5.62. The van der Waals surface area contributed by atoms with Crippen molar-refractivity contribution >= 4 is 27.5 Å². The Hall–Kier alpha value is -1.30. The van der Waals surface area contributed by atoms with E-state index in [9.17, 15) is 4.39 Å². The Bertz CT molecular complexity index is 666. The highest BCUT2D eigenvalue weighted by atomic mass is 79.9. The van der Waals surface area contributed by atoms with Crippen LogP contribution >= 0.6 is 27.5 Å². The van der Waals surface area contributed by atoms with E-state index in [-0.39, 0.29) is 0 Å². The van der Waals surface area contributed by atoms with Crippen molar-refractivity contribution in [3.05, 3.63) is 56.8 Å². The SMILES string of the molecule is COc1cc(C(N)c2cccc(Br)c2F)cc(Cl)c1OC. The van der Waals surface area contributed by atoms with E-state index < -0.39 is 11.9 Å². The molecule has 0 amide bonds. The number of benzene rings is 2. The lowest BCUT2D eigenvalue weighted by atomic mass is 9.98. The molecule has 1 unspecified atom stereocenters. The summed E-state index contributed by atoms with van der Waals surface area (Å²) in [6, 6.07) is 7.65. The fourth-order valence-electron chi connectivity index (χ4n) is 2.06. The van der Waals surface area contributed by atoms with E-state index in [1.807, 2.05) is 0 Å². The number of methoxy groups -OCH3 is 2. The third-order valence-corrected chi connectivity index (χ3v) is 4.02. The summed E-state index contributed by atoms with van der Waals surface area (Å²) in [6.45, 7) is 0. The molecule has 0 bridgehead atoms. The summed E-state index contributed by atoms with van der Waals surface area (Å²) in [6.07, 6.45) is 0. The zero-order chi connectivity index (χ0) is 15.6. The fourth-order valence-corrected chi connectivity index (χ4v) is 2.74. The van der Waals surface area contributed by atoms with Gasteiger partial charge in [-0.25, -0.2) is 4.39 Å². The average molecular weight is 375 g/mol. The molecule has 21 heavy (non-hydrogen) atoms. The molecule has 1 atom stereocenters. The minimum absolute atomic E-state index is 0.359. The molecule has 2 aromatic carbocycles. The zero-order valence-electron chi connectivity index (χ0n) is 11.5. The fraction of sp³-hybridized carbons (Fsp3) is 0.200. The molecule has 112 valence electrons. The van der Waals surface area contributed by atoms with Crippen LogP contribution in [0.5, 0.6) is 11.5 Å². The molecule has 0 spiro atoms. The van der Waals surface area contributed by atoms with Gasteiger partial charge in [0.05, 0.1) is 29.8 Å². The van der Waals surface area contributed by atoms with Crippen molar-refractivity contribution in [2.45, 2.75) is 6.04 Å². The van der Waals surface area contributed by atoms with Crippen molar-refractivity contribution in [2.24, 2.45) is 5.73 Å². The zero-order valence-corrected chi connectivity index (χ0v) is 13.8. The highest BCUT2D eigenvalue weighted by Crippen LogP contribution is 2.38. The molecule has 0 aliphatic carbocycles. The van der Waals surface area contributed by atoms with Gasteiger partial charge in [0, 0.05) is 5.56 Å². The summed E-state index contributed by atoms with van der Waals surface area (Å²) in [5.41, 5.74) is 7.16. The molecule has 3 nitrogen and oxygen atoms in total. The van der Waals surface area contributed by atoms with Crippen molar-refractivity contribution < 1.29 is 13.9 Å². The predicted molar refractivity (Wildman–Crippen MR) is 84.7 cm³/mol. The van der Waals surface area contributed by atoms with Crippen LogP contribution in [0.2, 0.25) is 5.02 Å². The van der Waals surface area contributed by atoms with Gasteiger partial charge < -0.3 is 15.2 Å². The molecule has 0 fully saturated rings. The quantitative estimate of drug-likeness (QED) is 0.867. The third kappa shape index (κ3) is 3.15. The number of ether oxygens (including phenoxy) is 2. The van der Waals surface area contributed by atoms with Crippen molar-refractivity contribution in [3.63, 3.8) is 0 Å². The lowest BCUT2D eigenvalue weighted by molar-refractivity contribution is 0.354. The van der Waals surface area contributed by atoms with Gasteiger partial charge in [-0.3, -0.25) is 0 Å². The number of nitrogens with two attached hydrogens (primary N) is 1. The van der Waals surface area contributed by atoms with Crippen LogP contribution in [0, 0.1) is 5.82 Å². The van der Waals surface area contributed by atoms with Gasteiger partial charge in [0.25, 0.3) is 0 Å². The van der Waals surface area contributed by atoms with Crippen LogP contribution in [0.15, 0.2) is 34.8 Å². The maximum absolute atomic E-state index is 14.2. The lowest BCUT2D eigenvalue weighted by Gasteiger charge is -2.17. The van der Waals surface area contributed by atoms with E-state index in [2.05, 4.69) is 15.9 Å². The molecule has 0 aliphatic heterocycles. The van der Waals surface area contributed by atoms with Crippen molar-refractivity contribution in [1.29, 1.82) is 0 Å². The first kappa shape index (κ1) is 16.1. The monoisotopic (exact) mass is 373 g/mol. The summed E-state index contributed by atoms with van der Waals surface area (Å²) in [7, 11) is 3.00. The highest BCUT2D eigenvalue weighted by Gasteiger charge is 2.19. The van der Waals surface area contributed by atoms with Crippen LogP contribution in [0.4, 0.5) is 4.39 Å². The van der Waals surface area contributed by atoms with Crippen LogP contribution in [-0.4, -0.2) is 14.2 Å². The molecule has 2 N–H and O–H groups in total. The molecule has 6 heteroatoms. The van der Waals surface area contributed by atoms with Gasteiger partial charge in [-0.05, 0) is 39.7 Å². The largest absolute Gasteiger partial charge is 0.493 e. The first-order valence-electron chi connectivity index (χ1n) is 6.10. The van der Waals surface area contributed by atoms with Crippen LogP contribution in [-0.2, 0) is 0 Å². The first-order valence-corrected chi connectivity index (χ1v) is 7.27. The summed E-state index contributed by atoms with van der Waals surface area (Å²) in [4.78, 5) is 0. The molecule has 0 radical (unpaired) electrons. The van der Waals surface area contributed by atoms with Gasteiger partial charge in [-0.15, -0.1) is 0 Å².